The minimum Gasteiger partial charge on any atom is -0.389 e. The van der Waals surface area contributed by atoms with E-state index < -0.39 is 6.10 Å². The number of aryl methyl sites for hydroxylation is 2. The largest absolute Gasteiger partial charge is 0.389 e. The van der Waals surface area contributed by atoms with Crippen molar-refractivity contribution in [1.82, 2.24) is 19.9 Å². The number of aromatic nitrogens is 4. The molecular weight excluding hydrogens is 356 g/mol. The fraction of sp³-hybridized carbons (Fsp3) is 0.333. The third-order valence-corrected chi connectivity index (χ3v) is 4.37. The molecule has 136 valence electrons. The number of aliphatic hydroxyl groups excluding tert-OH is 1. The van der Waals surface area contributed by atoms with Crippen LogP contribution < -0.4 is 5.56 Å². The van der Waals surface area contributed by atoms with E-state index in [-0.39, 0.29) is 12.1 Å². The molecule has 0 saturated heterocycles. The summed E-state index contributed by atoms with van der Waals surface area (Å²) in [5, 5.41) is 18.4. The van der Waals surface area contributed by atoms with Gasteiger partial charge in [-0.3, -0.25) is 4.79 Å². The van der Waals surface area contributed by atoms with Gasteiger partial charge in [0.1, 0.15) is 6.54 Å². The molecular formula is C18H19ClN4O3. The summed E-state index contributed by atoms with van der Waals surface area (Å²) in [6, 6.07) is 7.60. The van der Waals surface area contributed by atoms with Crippen molar-refractivity contribution in [2.24, 2.45) is 0 Å². The zero-order chi connectivity index (χ0) is 18.7. The van der Waals surface area contributed by atoms with Gasteiger partial charge in [0.2, 0.25) is 5.89 Å². The predicted octanol–water partition coefficient (Wildman–Crippen LogP) is 2.47. The third-order valence-electron chi connectivity index (χ3n) is 4.12. The molecule has 26 heavy (non-hydrogen) atoms. The molecule has 0 fully saturated rings. The summed E-state index contributed by atoms with van der Waals surface area (Å²) in [6.45, 7) is 3.35. The van der Waals surface area contributed by atoms with Gasteiger partial charge in [-0.1, -0.05) is 28.9 Å². The molecule has 1 N–H and O–H groups in total. The quantitative estimate of drug-likeness (QED) is 0.712. The zero-order valence-corrected chi connectivity index (χ0v) is 15.3. The molecule has 0 unspecified atom stereocenters. The fourth-order valence-electron chi connectivity index (χ4n) is 2.62. The lowest BCUT2D eigenvalue weighted by atomic mass is 10.1. The normalized spacial score (nSPS) is 12.3. The summed E-state index contributed by atoms with van der Waals surface area (Å²) in [5.74, 6) is 0.884. The van der Waals surface area contributed by atoms with Crippen LogP contribution in [0.25, 0.3) is 0 Å². The smallest absolute Gasteiger partial charge is 0.270 e. The number of rotatable bonds is 6. The van der Waals surface area contributed by atoms with E-state index in [0.29, 0.717) is 34.3 Å². The molecule has 0 spiro atoms. The summed E-state index contributed by atoms with van der Waals surface area (Å²) >= 11 is 5.87. The highest BCUT2D eigenvalue weighted by Crippen LogP contribution is 2.13. The highest BCUT2D eigenvalue weighted by Gasteiger charge is 2.14. The Labute approximate surface area is 155 Å². The standard InChI is InChI=1S/C18H19ClN4O3/c1-11-15(12(2)24)9-20-23(18(11)25)10-17-21-16(22-26-17)8-5-13-3-6-14(19)7-4-13/h3-4,6-7,9,12,24H,5,8,10H2,1-2H3/t12-/m0/s1. The van der Waals surface area contributed by atoms with Crippen molar-refractivity contribution in [2.45, 2.75) is 39.3 Å². The van der Waals surface area contributed by atoms with E-state index >= 15 is 0 Å². The lowest BCUT2D eigenvalue weighted by molar-refractivity contribution is 0.197. The summed E-state index contributed by atoms with van der Waals surface area (Å²) in [5.41, 5.74) is 1.81. The first-order valence-corrected chi connectivity index (χ1v) is 8.62. The van der Waals surface area contributed by atoms with E-state index in [1.807, 2.05) is 24.3 Å². The molecule has 2 aromatic heterocycles. The number of halogens is 1. The van der Waals surface area contributed by atoms with Crippen LogP contribution in [0.5, 0.6) is 0 Å². The minimum absolute atomic E-state index is 0.0910. The predicted molar refractivity (Wildman–Crippen MR) is 96.1 cm³/mol. The van der Waals surface area contributed by atoms with E-state index in [2.05, 4.69) is 15.2 Å². The Balaban J connectivity index is 1.68. The Hall–Kier alpha value is -2.51. The highest BCUT2D eigenvalue weighted by molar-refractivity contribution is 6.30. The first kappa shape index (κ1) is 18.3. The van der Waals surface area contributed by atoms with Crippen molar-refractivity contribution in [3.05, 3.63) is 74.2 Å². The molecule has 8 heteroatoms. The minimum atomic E-state index is -0.743. The lowest BCUT2D eigenvalue weighted by Crippen LogP contribution is -2.27. The zero-order valence-electron chi connectivity index (χ0n) is 14.5. The number of benzene rings is 1. The van der Waals surface area contributed by atoms with Crippen LogP contribution in [0.2, 0.25) is 5.02 Å². The van der Waals surface area contributed by atoms with E-state index in [0.717, 1.165) is 12.0 Å². The number of hydrogen-bond donors (Lipinski definition) is 1. The molecule has 0 aliphatic heterocycles. The first-order chi connectivity index (χ1) is 12.4. The van der Waals surface area contributed by atoms with Gasteiger partial charge in [-0.05, 0) is 38.0 Å². The summed E-state index contributed by atoms with van der Waals surface area (Å²) < 4.78 is 6.47. The maximum Gasteiger partial charge on any atom is 0.270 e. The third kappa shape index (κ3) is 4.17. The van der Waals surface area contributed by atoms with Crippen molar-refractivity contribution in [2.75, 3.05) is 0 Å². The maximum absolute atomic E-state index is 12.3. The molecule has 1 aromatic carbocycles. The van der Waals surface area contributed by atoms with Crippen LogP contribution in [0.15, 0.2) is 39.8 Å². The second kappa shape index (κ2) is 7.80. The Morgan fingerprint density at radius 1 is 1.27 bits per heavy atom. The molecule has 3 rings (SSSR count). The first-order valence-electron chi connectivity index (χ1n) is 8.24. The van der Waals surface area contributed by atoms with Crippen molar-refractivity contribution >= 4 is 11.6 Å². The Kier molecular flexibility index (Phi) is 5.49. The van der Waals surface area contributed by atoms with Crippen LogP contribution in [0.3, 0.4) is 0 Å². The monoisotopic (exact) mass is 374 g/mol. The van der Waals surface area contributed by atoms with E-state index in [1.54, 1.807) is 13.8 Å². The summed E-state index contributed by atoms with van der Waals surface area (Å²) in [4.78, 5) is 16.6. The van der Waals surface area contributed by atoms with E-state index in [9.17, 15) is 9.90 Å². The van der Waals surface area contributed by atoms with Gasteiger partial charge >= 0.3 is 0 Å². The van der Waals surface area contributed by atoms with Crippen molar-refractivity contribution in [3.63, 3.8) is 0 Å². The number of aliphatic hydroxyl groups is 1. The summed E-state index contributed by atoms with van der Waals surface area (Å²) in [7, 11) is 0. The Morgan fingerprint density at radius 2 is 2.00 bits per heavy atom. The second-order valence-electron chi connectivity index (χ2n) is 6.09. The summed E-state index contributed by atoms with van der Waals surface area (Å²) in [6.07, 6.45) is 2.12. The van der Waals surface area contributed by atoms with Gasteiger partial charge in [0.25, 0.3) is 5.56 Å². The van der Waals surface area contributed by atoms with Crippen LogP contribution >= 0.6 is 11.6 Å². The van der Waals surface area contributed by atoms with Crippen LogP contribution in [-0.4, -0.2) is 25.0 Å². The van der Waals surface area contributed by atoms with Gasteiger partial charge in [-0.25, -0.2) is 4.68 Å². The van der Waals surface area contributed by atoms with Gasteiger partial charge in [0.05, 0.1) is 12.3 Å². The van der Waals surface area contributed by atoms with Crippen molar-refractivity contribution in [3.8, 4) is 0 Å². The van der Waals surface area contributed by atoms with Crippen LogP contribution in [-0.2, 0) is 19.4 Å². The van der Waals surface area contributed by atoms with Crippen LogP contribution in [0.1, 0.15) is 41.4 Å². The van der Waals surface area contributed by atoms with Crippen LogP contribution in [0, 0.1) is 6.92 Å². The molecule has 0 radical (unpaired) electrons. The maximum atomic E-state index is 12.3. The molecule has 0 saturated carbocycles. The molecule has 1 atom stereocenters. The Bertz CT molecular complexity index is 948. The molecule has 2 heterocycles. The van der Waals surface area contributed by atoms with E-state index in [1.165, 1.54) is 10.9 Å². The van der Waals surface area contributed by atoms with Gasteiger partial charge < -0.3 is 9.63 Å². The Morgan fingerprint density at radius 3 is 2.69 bits per heavy atom. The topological polar surface area (TPSA) is 94.0 Å². The van der Waals surface area contributed by atoms with Crippen LogP contribution in [0.4, 0.5) is 0 Å². The molecule has 7 nitrogen and oxygen atoms in total. The highest BCUT2D eigenvalue weighted by atomic mass is 35.5. The van der Waals surface area contributed by atoms with Crippen molar-refractivity contribution in [1.29, 1.82) is 0 Å². The average Bonchev–Trinajstić information content (AvgIpc) is 3.06. The van der Waals surface area contributed by atoms with Crippen molar-refractivity contribution < 1.29 is 9.63 Å². The molecule has 0 amide bonds. The van der Waals surface area contributed by atoms with Gasteiger partial charge in [0.15, 0.2) is 5.82 Å². The van der Waals surface area contributed by atoms with Gasteiger partial charge in [-0.15, -0.1) is 0 Å². The SMILES string of the molecule is Cc1c([C@H](C)O)cnn(Cc2nc(CCc3ccc(Cl)cc3)no2)c1=O. The average molecular weight is 375 g/mol. The van der Waals surface area contributed by atoms with Gasteiger partial charge in [-0.2, -0.15) is 10.1 Å². The molecule has 0 aliphatic carbocycles. The second-order valence-corrected chi connectivity index (χ2v) is 6.53. The lowest BCUT2D eigenvalue weighted by Gasteiger charge is -2.09. The number of nitrogens with zero attached hydrogens (tertiary/aromatic N) is 4. The molecule has 0 bridgehead atoms. The fourth-order valence-corrected chi connectivity index (χ4v) is 2.75. The molecule has 0 aliphatic rings. The molecule has 3 aromatic rings. The van der Waals surface area contributed by atoms with Gasteiger partial charge in [0, 0.05) is 22.6 Å². The number of hydrogen-bond acceptors (Lipinski definition) is 6. The van der Waals surface area contributed by atoms with E-state index in [4.69, 9.17) is 16.1 Å².